The van der Waals surface area contributed by atoms with Crippen molar-refractivity contribution in [2.24, 2.45) is 7.05 Å². The van der Waals surface area contributed by atoms with Crippen LogP contribution in [0.2, 0.25) is 0 Å². The van der Waals surface area contributed by atoms with Gasteiger partial charge < -0.3 is 25.0 Å². The average Bonchev–Trinajstić information content (AvgIpc) is 3.03. The van der Waals surface area contributed by atoms with E-state index in [1.807, 2.05) is 17.9 Å². The Labute approximate surface area is 162 Å². The minimum atomic E-state index is -0.662. The SMILES string of the molecule is Cn1cnc2c1CN(CC(O)CNC(=O)c1cc(NC3COC3)ncn1)CC2. The largest absolute Gasteiger partial charge is 0.390 e. The number of hydrogen-bond donors (Lipinski definition) is 3. The van der Waals surface area contributed by atoms with Crippen LogP contribution in [0.4, 0.5) is 5.82 Å². The zero-order valence-electron chi connectivity index (χ0n) is 15.8. The van der Waals surface area contributed by atoms with Gasteiger partial charge in [-0.2, -0.15) is 0 Å². The third-order valence-corrected chi connectivity index (χ3v) is 5.04. The van der Waals surface area contributed by atoms with Crippen molar-refractivity contribution in [3.8, 4) is 0 Å². The number of aryl methyl sites for hydroxylation is 1. The summed E-state index contributed by atoms with van der Waals surface area (Å²) in [5.74, 6) is 0.260. The van der Waals surface area contributed by atoms with Gasteiger partial charge in [-0.1, -0.05) is 0 Å². The Kier molecular flexibility index (Phi) is 5.51. The highest BCUT2D eigenvalue weighted by Gasteiger charge is 2.22. The second-order valence-corrected chi connectivity index (χ2v) is 7.27. The van der Waals surface area contributed by atoms with E-state index in [2.05, 4.69) is 30.5 Å². The molecule has 150 valence electrons. The number of aliphatic hydroxyl groups is 1. The van der Waals surface area contributed by atoms with Crippen molar-refractivity contribution in [3.63, 3.8) is 0 Å². The van der Waals surface area contributed by atoms with Crippen LogP contribution in [0.25, 0.3) is 0 Å². The summed E-state index contributed by atoms with van der Waals surface area (Å²) in [7, 11) is 1.98. The van der Waals surface area contributed by atoms with Crippen molar-refractivity contribution in [2.75, 3.05) is 38.2 Å². The third kappa shape index (κ3) is 4.29. The van der Waals surface area contributed by atoms with E-state index in [-0.39, 0.29) is 24.2 Å². The van der Waals surface area contributed by atoms with E-state index >= 15 is 0 Å². The van der Waals surface area contributed by atoms with Crippen LogP contribution >= 0.6 is 0 Å². The molecule has 0 radical (unpaired) electrons. The highest BCUT2D eigenvalue weighted by atomic mass is 16.5. The summed E-state index contributed by atoms with van der Waals surface area (Å²) < 4.78 is 7.13. The monoisotopic (exact) mass is 387 g/mol. The smallest absolute Gasteiger partial charge is 0.270 e. The maximum Gasteiger partial charge on any atom is 0.270 e. The number of aliphatic hydroxyl groups excluding tert-OH is 1. The van der Waals surface area contributed by atoms with E-state index in [4.69, 9.17) is 4.74 Å². The molecule has 28 heavy (non-hydrogen) atoms. The Morgan fingerprint density at radius 1 is 1.39 bits per heavy atom. The van der Waals surface area contributed by atoms with Gasteiger partial charge in [0.25, 0.3) is 5.91 Å². The number of amides is 1. The maximum absolute atomic E-state index is 12.3. The molecule has 1 fully saturated rings. The number of carbonyl (C=O) groups excluding carboxylic acids is 1. The first-order chi connectivity index (χ1) is 13.6. The molecule has 1 saturated heterocycles. The Morgan fingerprint density at radius 3 is 3.04 bits per heavy atom. The Hall–Kier alpha value is -2.56. The summed E-state index contributed by atoms with van der Waals surface area (Å²) in [6.45, 7) is 3.52. The predicted octanol–water partition coefficient (Wildman–Crippen LogP) is -0.830. The van der Waals surface area contributed by atoms with Crippen LogP contribution in [0.15, 0.2) is 18.7 Å². The number of ether oxygens (including phenoxy) is 1. The Balaban J connectivity index is 1.25. The van der Waals surface area contributed by atoms with Crippen molar-refractivity contribution in [1.29, 1.82) is 0 Å². The highest BCUT2D eigenvalue weighted by Crippen LogP contribution is 2.17. The molecule has 0 aromatic carbocycles. The summed E-state index contributed by atoms with van der Waals surface area (Å²) >= 11 is 0. The minimum absolute atomic E-state index is 0.163. The molecular weight excluding hydrogens is 362 g/mol. The highest BCUT2D eigenvalue weighted by molar-refractivity contribution is 5.92. The molecule has 2 aromatic heterocycles. The summed E-state index contributed by atoms with van der Waals surface area (Å²) in [5.41, 5.74) is 2.57. The van der Waals surface area contributed by atoms with Gasteiger partial charge in [-0.25, -0.2) is 15.0 Å². The summed E-state index contributed by atoms with van der Waals surface area (Å²) in [6.07, 6.45) is 3.39. The molecule has 2 aliphatic heterocycles. The molecular formula is C18H25N7O3. The lowest BCUT2D eigenvalue weighted by atomic mass is 10.1. The number of fused-ring (bicyclic) bond motifs is 1. The fourth-order valence-electron chi connectivity index (χ4n) is 3.38. The lowest BCUT2D eigenvalue weighted by Crippen LogP contribution is -2.42. The zero-order valence-corrected chi connectivity index (χ0v) is 15.8. The van der Waals surface area contributed by atoms with Crippen molar-refractivity contribution in [2.45, 2.75) is 25.1 Å². The lowest BCUT2D eigenvalue weighted by Gasteiger charge is -2.29. The van der Waals surface area contributed by atoms with Gasteiger partial charge in [0.1, 0.15) is 17.8 Å². The van der Waals surface area contributed by atoms with Crippen molar-refractivity contribution in [1.82, 2.24) is 29.7 Å². The second kappa shape index (κ2) is 8.21. The maximum atomic E-state index is 12.3. The van der Waals surface area contributed by atoms with Gasteiger partial charge in [0.15, 0.2) is 0 Å². The molecule has 10 nitrogen and oxygen atoms in total. The molecule has 1 amide bonds. The first-order valence-electron chi connectivity index (χ1n) is 9.42. The molecule has 3 N–H and O–H groups in total. The first kappa shape index (κ1) is 18.8. The van der Waals surface area contributed by atoms with Crippen LogP contribution in [-0.2, 0) is 24.8 Å². The molecule has 0 spiro atoms. The fourth-order valence-corrected chi connectivity index (χ4v) is 3.38. The molecule has 1 unspecified atom stereocenters. The van der Waals surface area contributed by atoms with E-state index < -0.39 is 6.10 Å². The number of imidazole rings is 1. The van der Waals surface area contributed by atoms with Crippen LogP contribution < -0.4 is 10.6 Å². The van der Waals surface area contributed by atoms with Gasteiger partial charge >= 0.3 is 0 Å². The quantitative estimate of drug-likeness (QED) is 0.564. The van der Waals surface area contributed by atoms with Gasteiger partial charge in [0.05, 0.1) is 43.1 Å². The summed E-state index contributed by atoms with van der Waals surface area (Å²) in [4.78, 5) is 27.0. The average molecular weight is 387 g/mol. The van der Waals surface area contributed by atoms with Crippen molar-refractivity contribution < 1.29 is 14.6 Å². The number of aromatic nitrogens is 4. The minimum Gasteiger partial charge on any atom is -0.390 e. The molecule has 2 aromatic rings. The number of β-amino-alcohol motifs (C(OH)–C–C–N with tert-alkyl or cyclic N) is 1. The molecule has 10 heteroatoms. The summed E-state index contributed by atoms with van der Waals surface area (Å²) in [5, 5.41) is 16.3. The Bertz CT molecular complexity index is 836. The number of nitrogens with zero attached hydrogens (tertiary/aromatic N) is 5. The predicted molar refractivity (Wildman–Crippen MR) is 101 cm³/mol. The van der Waals surface area contributed by atoms with Gasteiger partial charge in [-0.3, -0.25) is 9.69 Å². The van der Waals surface area contributed by atoms with Crippen LogP contribution in [0.5, 0.6) is 0 Å². The van der Waals surface area contributed by atoms with Crippen molar-refractivity contribution in [3.05, 3.63) is 35.8 Å². The van der Waals surface area contributed by atoms with Gasteiger partial charge in [-0.15, -0.1) is 0 Å². The van der Waals surface area contributed by atoms with Crippen LogP contribution in [0.1, 0.15) is 21.9 Å². The molecule has 4 rings (SSSR count). The Morgan fingerprint density at radius 2 is 2.25 bits per heavy atom. The van der Waals surface area contributed by atoms with Crippen molar-refractivity contribution >= 4 is 11.7 Å². The lowest BCUT2D eigenvalue weighted by molar-refractivity contribution is 0.0209. The number of anilines is 1. The van der Waals surface area contributed by atoms with Crippen LogP contribution in [0, 0.1) is 0 Å². The molecule has 0 aliphatic carbocycles. The van der Waals surface area contributed by atoms with Gasteiger partial charge in [0.2, 0.25) is 0 Å². The molecule has 0 bridgehead atoms. The molecule has 2 aliphatic rings. The summed E-state index contributed by atoms with van der Waals surface area (Å²) in [6, 6.07) is 1.83. The van der Waals surface area contributed by atoms with Crippen LogP contribution in [0.3, 0.4) is 0 Å². The first-order valence-corrected chi connectivity index (χ1v) is 9.42. The topological polar surface area (TPSA) is 117 Å². The van der Waals surface area contributed by atoms with E-state index in [0.717, 1.165) is 25.2 Å². The number of nitrogens with one attached hydrogen (secondary N) is 2. The van der Waals surface area contributed by atoms with E-state index in [1.54, 1.807) is 6.07 Å². The van der Waals surface area contributed by atoms with E-state index in [1.165, 1.54) is 12.0 Å². The third-order valence-electron chi connectivity index (χ3n) is 5.04. The van der Waals surface area contributed by atoms with Crippen LogP contribution in [-0.4, -0.2) is 80.4 Å². The fraction of sp³-hybridized carbons (Fsp3) is 0.556. The van der Waals surface area contributed by atoms with E-state index in [0.29, 0.717) is 25.6 Å². The standard InChI is InChI=1S/C18H25N7O3/c1-24-11-22-14-2-3-25(7-16(14)24)6-13(26)5-19-18(27)15-4-17(21-10-20-15)23-12-8-28-9-12/h4,10-13,26H,2-3,5-9H2,1H3,(H,19,27)(H,20,21,23). The van der Waals surface area contributed by atoms with Gasteiger partial charge in [0, 0.05) is 45.7 Å². The number of hydrogen-bond acceptors (Lipinski definition) is 8. The van der Waals surface area contributed by atoms with E-state index in [9.17, 15) is 9.90 Å². The second-order valence-electron chi connectivity index (χ2n) is 7.27. The van der Waals surface area contributed by atoms with Gasteiger partial charge in [-0.05, 0) is 0 Å². The molecule has 4 heterocycles. The molecule has 0 saturated carbocycles. The molecule has 1 atom stereocenters. The number of carbonyl (C=O) groups is 1. The zero-order chi connectivity index (χ0) is 19.5. The number of rotatable bonds is 7. The normalized spacial score (nSPS) is 18.2.